The maximum Gasteiger partial charge on any atom is 0.324 e. The molecule has 0 aliphatic heterocycles. The number of nitrogens with two attached hydrogens (primary N) is 1. The van der Waals surface area contributed by atoms with Gasteiger partial charge in [0.2, 0.25) is 5.88 Å². The third kappa shape index (κ3) is 6.55. The van der Waals surface area contributed by atoms with Crippen molar-refractivity contribution in [2.45, 2.75) is 39.0 Å². The van der Waals surface area contributed by atoms with Crippen LogP contribution in [0.5, 0.6) is 17.4 Å². The molecule has 10 nitrogen and oxygen atoms in total. The van der Waals surface area contributed by atoms with Gasteiger partial charge < -0.3 is 20.5 Å². The van der Waals surface area contributed by atoms with E-state index in [-0.39, 0.29) is 28.5 Å². The number of nitrogens with one attached hydrogen (secondary N) is 2. The van der Waals surface area contributed by atoms with Gasteiger partial charge in [0.05, 0.1) is 24.2 Å². The lowest BCUT2D eigenvalue weighted by Gasteiger charge is -2.14. The molecule has 5 rings (SSSR count). The Morgan fingerprint density at radius 2 is 1.80 bits per heavy atom. The van der Waals surface area contributed by atoms with E-state index in [1.54, 1.807) is 30.0 Å². The van der Waals surface area contributed by atoms with Gasteiger partial charge in [-0.05, 0) is 49.2 Å². The monoisotopic (exact) mass is 555 g/mol. The van der Waals surface area contributed by atoms with Crippen molar-refractivity contribution in [1.29, 1.82) is 0 Å². The Bertz CT molecular complexity index is 1650. The summed E-state index contributed by atoms with van der Waals surface area (Å²) in [6, 6.07) is 12.4. The number of ether oxygens (including phenoxy) is 2. The van der Waals surface area contributed by atoms with Crippen molar-refractivity contribution < 1.29 is 18.7 Å². The number of nitrogens with zero attached hydrogens (tertiary/aromatic N) is 4. The normalized spacial score (nSPS) is 12.7. The molecule has 2 aromatic heterocycles. The molecule has 1 fully saturated rings. The summed E-state index contributed by atoms with van der Waals surface area (Å²) in [6.45, 7) is 6.07. The zero-order chi connectivity index (χ0) is 29.1. The van der Waals surface area contributed by atoms with Gasteiger partial charge in [-0.1, -0.05) is 32.6 Å². The second-order valence-electron chi connectivity index (χ2n) is 10.6. The van der Waals surface area contributed by atoms with Crippen LogP contribution in [0.25, 0.3) is 5.69 Å². The number of nitrogen functional groups attached to an aromatic ring is 1. The van der Waals surface area contributed by atoms with Gasteiger partial charge in [0.25, 0.3) is 0 Å². The maximum absolute atomic E-state index is 15.0. The minimum Gasteiger partial charge on any atom is -0.497 e. The molecule has 0 radical (unpaired) electrons. The summed E-state index contributed by atoms with van der Waals surface area (Å²) < 4.78 is 27.7. The smallest absolute Gasteiger partial charge is 0.324 e. The lowest BCUT2D eigenvalue weighted by Crippen LogP contribution is -2.22. The van der Waals surface area contributed by atoms with Gasteiger partial charge >= 0.3 is 6.03 Å². The molecule has 1 saturated carbocycles. The first-order valence-corrected chi connectivity index (χ1v) is 13.0. The molecule has 0 saturated heterocycles. The number of hydrogen-bond acceptors (Lipinski definition) is 7. The Morgan fingerprint density at radius 1 is 1.07 bits per heavy atom. The van der Waals surface area contributed by atoms with Crippen LogP contribution < -0.4 is 25.8 Å². The molecule has 1 aliphatic carbocycles. The molecule has 4 aromatic rings. The largest absolute Gasteiger partial charge is 0.497 e. The first-order valence-electron chi connectivity index (χ1n) is 13.0. The summed E-state index contributed by atoms with van der Waals surface area (Å²) in [6.07, 6.45) is 3.35. The predicted molar refractivity (Wildman–Crippen MR) is 154 cm³/mol. The van der Waals surface area contributed by atoms with Gasteiger partial charge in [-0.2, -0.15) is 5.10 Å². The average Bonchev–Trinajstić information content (AvgIpc) is 3.66. The number of carbonyl (C=O) groups is 1. The van der Waals surface area contributed by atoms with Crippen molar-refractivity contribution >= 4 is 23.4 Å². The number of anilines is 3. The third-order valence-corrected chi connectivity index (χ3v) is 6.26. The lowest BCUT2D eigenvalue weighted by molar-refractivity contribution is 0.262. The maximum atomic E-state index is 15.0. The minimum atomic E-state index is -0.704. The van der Waals surface area contributed by atoms with Crippen LogP contribution in [0.3, 0.4) is 0 Å². The van der Waals surface area contributed by atoms with Crippen molar-refractivity contribution in [2.24, 2.45) is 5.92 Å². The van der Waals surface area contributed by atoms with Gasteiger partial charge in [0, 0.05) is 23.5 Å². The van der Waals surface area contributed by atoms with E-state index >= 15 is 4.39 Å². The molecule has 2 heterocycles. The van der Waals surface area contributed by atoms with Crippen LogP contribution in [0.15, 0.2) is 54.9 Å². The Labute approximate surface area is 237 Å². The number of halogens is 1. The molecular weight excluding hydrogens is 525 g/mol. The van der Waals surface area contributed by atoms with Gasteiger partial charge in [-0.15, -0.1) is 0 Å². The van der Waals surface area contributed by atoms with Crippen LogP contribution in [-0.2, 0) is 5.41 Å². The van der Waals surface area contributed by atoms with Crippen molar-refractivity contribution in [3.8, 4) is 34.9 Å². The fourth-order valence-corrected chi connectivity index (χ4v) is 3.78. The number of carbonyl (C=O) groups excluding carboxylic acids is 1. The van der Waals surface area contributed by atoms with E-state index in [0.717, 1.165) is 30.3 Å². The highest BCUT2D eigenvalue weighted by Crippen LogP contribution is 2.31. The summed E-state index contributed by atoms with van der Waals surface area (Å²) in [7, 11) is 1.59. The summed E-state index contributed by atoms with van der Waals surface area (Å²) in [5.74, 6) is 7.29. The molecule has 2 amide bonds. The van der Waals surface area contributed by atoms with Gasteiger partial charge in [-0.3, -0.25) is 5.32 Å². The highest BCUT2D eigenvalue weighted by molar-refractivity contribution is 5.99. The van der Waals surface area contributed by atoms with Crippen LogP contribution in [0.1, 0.15) is 44.9 Å². The van der Waals surface area contributed by atoms with Gasteiger partial charge in [0.1, 0.15) is 40.8 Å². The second-order valence-corrected chi connectivity index (χ2v) is 10.6. The minimum absolute atomic E-state index is 0.0441. The molecule has 11 heteroatoms. The van der Waals surface area contributed by atoms with Crippen LogP contribution >= 0.6 is 0 Å². The predicted octanol–water partition coefficient (Wildman–Crippen LogP) is 5.89. The highest BCUT2D eigenvalue weighted by atomic mass is 19.1. The fraction of sp³-hybridized carbons (Fsp3) is 0.267. The number of benzene rings is 2. The number of hydrogen-bond donors (Lipinski definition) is 3. The lowest BCUT2D eigenvalue weighted by atomic mass is 9.92. The Balaban J connectivity index is 1.32. The molecule has 210 valence electrons. The van der Waals surface area contributed by atoms with Gasteiger partial charge in [0.15, 0.2) is 0 Å². The zero-order valence-corrected chi connectivity index (χ0v) is 23.2. The van der Waals surface area contributed by atoms with Crippen molar-refractivity contribution in [3.63, 3.8) is 0 Å². The zero-order valence-electron chi connectivity index (χ0n) is 23.2. The summed E-state index contributed by atoms with van der Waals surface area (Å²) >= 11 is 0. The summed E-state index contributed by atoms with van der Waals surface area (Å²) in [4.78, 5) is 21.0. The first kappa shape index (κ1) is 27.5. The highest BCUT2D eigenvalue weighted by Gasteiger charge is 2.22. The van der Waals surface area contributed by atoms with Crippen molar-refractivity contribution in [3.05, 3.63) is 71.9 Å². The molecule has 41 heavy (non-hydrogen) atoms. The van der Waals surface area contributed by atoms with E-state index in [2.05, 4.69) is 37.5 Å². The van der Waals surface area contributed by atoms with E-state index in [1.165, 1.54) is 18.5 Å². The molecule has 1 aliphatic rings. The Morgan fingerprint density at radius 3 is 2.46 bits per heavy atom. The standard InChI is InChI=1S/C30H30FN7O3/c1-30(2,3)25-16-26(38(37-25)19-8-10-20(40-4)11-9-19)36-29(39)35-24-14-12-21(15-23(24)31)41-28-22(13-7-18-5-6-18)27(32)33-17-34-28/h8-12,14-18H,5-6H2,1-4H3,(H2,32,33,34)(H2,35,36,39). The van der Waals surface area contributed by atoms with Gasteiger partial charge in [-0.25, -0.2) is 23.8 Å². The quantitative estimate of drug-likeness (QED) is 0.253. The molecule has 0 spiro atoms. The summed E-state index contributed by atoms with van der Waals surface area (Å²) in [5, 5.41) is 10.0. The molecule has 4 N–H and O–H groups in total. The third-order valence-electron chi connectivity index (χ3n) is 6.26. The topological polar surface area (TPSA) is 129 Å². The van der Waals surface area contributed by atoms with E-state index in [9.17, 15) is 4.79 Å². The Hall–Kier alpha value is -5.11. The van der Waals surface area contributed by atoms with Crippen LogP contribution in [0.4, 0.5) is 26.5 Å². The van der Waals surface area contributed by atoms with E-state index in [1.807, 2.05) is 32.9 Å². The summed E-state index contributed by atoms with van der Waals surface area (Å²) in [5.41, 5.74) is 7.48. The Kier molecular flexibility index (Phi) is 7.48. The number of aromatic nitrogens is 4. The molecule has 0 bridgehead atoms. The SMILES string of the molecule is COc1ccc(-n2nc(C(C)(C)C)cc2NC(=O)Nc2ccc(Oc3ncnc(N)c3C#CC3CC3)cc2F)cc1. The molecule has 2 aromatic carbocycles. The molecular formula is C30H30FN7O3. The second kappa shape index (κ2) is 11.2. The molecule has 0 unspecified atom stereocenters. The van der Waals surface area contributed by atoms with Crippen LogP contribution in [-0.4, -0.2) is 32.9 Å². The fourth-order valence-electron chi connectivity index (χ4n) is 3.78. The average molecular weight is 556 g/mol. The number of amides is 2. The van der Waals surface area contributed by atoms with E-state index in [0.29, 0.717) is 23.0 Å². The van der Waals surface area contributed by atoms with E-state index in [4.69, 9.17) is 15.2 Å². The van der Waals surface area contributed by atoms with Crippen LogP contribution in [0.2, 0.25) is 0 Å². The number of methoxy groups -OCH3 is 1. The van der Waals surface area contributed by atoms with E-state index < -0.39 is 11.8 Å². The van der Waals surface area contributed by atoms with Crippen molar-refractivity contribution in [1.82, 2.24) is 19.7 Å². The molecule has 0 atom stereocenters. The number of urea groups is 1. The van der Waals surface area contributed by atoms with Crippen LogP contribution in [0, 0.1) is 23.6 Å². The first-order chi connectivity index (χ1) is 19.6. The number of rotatable bonds is 6. The van der Waals surface area contributed by atoms with Crippen molar-refractivity contribution in [2.75, 3.05) is 23.5 Å².